The molecule has 2 aromatic rings. The molecule has 2 rings (SSSR count). The number of H-pyrrole nitrogens is 2. The second kappa shape index (κ2) is 4.91. The Morgan fingerprint density at radius 3 is 2.50 bits per heavy atom. The summed E-state index contributed by atoms with van der Waals surface area (Å²) in [4.78, 5) is 9.92. The topological polar surface area (TPSA) is 66.6 Å². The molecule has 0 atom stereocenters. The molecule has 0 aliphatic rings. The summed E-state index contributed by atoms with van der Waals surface area (Å²) < 4.78 is 5.59. The number of nitrogens with zero attached hydrogens (tertiary/aromatic N) is 2. The number of ether oxygens (including phenoxy) is 1. The van der Waals surface area contributed by atoms with E-state index in [1.165, 1.54) is 0 Å². The van der Waals surface area contributed by atoms with Crippen molar-refractivity contribution in [3.05, 3.63) is 15.5 Å². The van der Waals surface area contributed by atoms with E-state index in [0.29, 0.717) is 11.4 Å². The van der Waals surface area contributed by atoms with Crippen molar-refractivity contribution in [3.8, 4) is 10.7 Å². The molecule has 0 saturated heterocycles. The second-order valence-corrected chi connectivity index (χ2v) is 6.45. The number of aromatic amines is 2. The number of nitrogens with one attached hydrogen (secondary N) is 2. The van der Waals surface area contributed by atoms with Crippen LogP contribution in [0.5, 0.6) is 0 Å². The fourth-order valence-corrected chi connectivity index (χ4v) is 2.93. The summed E-state index contributed by atoms with van der Waals surface area (Å²) in [6.07, 6.45) is 0. The predicted octanol–water partition coefficient (Wildman–Crippen LogP) is 3.03. The number of rotatable bonds is 3. The summed E-state index contributed by atoms with van der Waals surface area (Å²) in [6, 6.07) is 0. The molecule has 2 heterocycles. The van der Waals surface area contributed by atoms with Crippen LogP contribution in [0.2, 0.25) is 0 Å². The molecule has 2 aromatic heterocycles. The van der Waals surface area contributed by atoms with Gasteiger partial charge in [0.15, 0.2) is 5.82 Å². The van der Waals surface area contributed by atoms with Gasteiger partial charge in [-0.05, 0) is 12.2 Å². The van der Waals surface area contributed by atoms with Gasteiger partial charge < -0.3 is 4.74 Å². The fraction of sp³-hybridized carbons (Fsp3) is 0.545. The molecular formula is C11H16N4OS2. The standard InChI is InChI=1S/C11H16N4OS2/c1-11(2,3)8-7(9-13-10(17)15-14-9)18-6(12-8)5-16-4/h5H2,1-4H3,(H2,13,14,15,17). The van der Waals surface area contributed by atoms with E-state index in [2.05, 4.69) is 40.9 Å². The zero-order valence-corrected chi connectivity index (χ0v) is 12.5. The quantitative estimate of drug-likeness (QED) is 0.850. The van der Waals surface area contributed by atoms with Crippen molar-refractivity contribution >= 4 is 23.6 Å². The molecule has 7 heteroatoms. The SMILES string of the molecule is COCc1nc(C(C)(C)C)c(-c2nc(=S)[nH][nH]2)s1. The maximum absolute atomic E-state index is 5.14. The Morgan fingerprint density at radius 2 is 2.00 bits per heavy atom. The van der Waals surface area contributed by atoms with Crippen LogP contribution in [0.1, 0.15) is 31.5 Å². The molecule has 18 heavy (non-hydrogen) atoms. The van der Waals surface area contributed by atoms with Crippen molar-refractivity contribution in [2.75, 3.05) is 7.11 Å². The van der Waals surface area contributed by atoms with Gasteiger partial charge in [-0.25, -0.2) is 4.98 Å². The lowest BCUT2D eigenvalue weighted by molar-refractivity contribution is 0.184. The third-order valence-corrected chi connectivity index (χ3v) is 3.59. The number of thiazole rings is 1. The lowest BCUT2D eigenvalue weighted by Crippen LogP contribution is -2.13. The molecule has 0 radical (unpaired) electrons. The van der Waals surface area contributed by atoms with Gasteiger partial charge in [0.25, 0.3) is 0 Å². The lowest BCUT2D eigenvalue weighted by atomic mass is 9.91. The minimum atomic E-state index is -0.0494. The summed E-state index contributed by atoms with van der Waals surface area (Å²) >= 11 is 6.57. The molecule has 98 valence electrons. The van der Waals surface area contributed by atoms with Crippen LogP contribution in [0.15, 0.2) is 0 Å². The highest BCUT2D eigenvalue weighted by atomic mass is 32.1. The molecule has 0 spiro atoms. The van der Waals surface area contributed by atoms with Crippen molar-refractivity contribution < 1.29 is 4.74 Å². The second-order valence-electron chi connectivity index (χ2n) is 4.98. The van der Waals surface area contributed by atoms with Gasteiger partial charge in [-0.2, -0.15) is 4.98 Å². The normalized spacial score (nSPS) is 12.0. The maximum Gasteiger partial charge on any atom is 0.213 e. The Bertz CT molecular complexity index is 591. The first-order valence-electron chi connectivity index (χ1n) is 5.56. The van der Waals surface area contributed by atoms with Crippen LogP contribution in [0.3, 0.4) is 0 Å². The zero-order valence-electron chi connectivity index (χ0n) is 10.8. The van der Waals surface area contributed by atoms with Gasteiger partial charge >= 0.3 is 0 Å². The highest BCUT2D eigenvalue weighted by Crippen LogP contribution is 2.35. The first kappa shape index (κ1) is 13.4. The minimum Gasteiger partial charge on any atom is -0.378 e. The molecule has 5 nitrogen and oxygen atoms in total. The van der Waals surface area contributed by atoms with Crippen LogP contribution >= 0.6 is 23.6 Å². The van der Waals surface area contributed by atoms with E-state index in [-0.39, 0.29) is 5.41 Å². The Kier molecular flexibility index (Phi) is 3.65. The van der Waals surface area contributed by atoms with E-state index in [0.717, 1.165) is 21.4 Å². The minimum absolute atomic E-state index is 0.0494. The van der Waals surface area contributed by atoms with Crippen molar-refractivity contribution in [1.29, 1.82) is 0 Å². The monoisotopic (exact) mass is 284 g/mol. The Balaban J connectivity index is 2.54. The van der Waals surface area contributed by atoms with Crippen molar-refractivity contribution in [2.45, 2.75) is 32.8 Å². The number of hydrogen-bond donors (Lipinski definition) is 2. The van der Waals surface area contributed by atoms with E-state index in [9.17, 15) is 0 Å². The van der Waals surface area contributed by atoms with E-state index in [1.807, 2.05) is 0 Å². The van der Waals surface area contributed by atoms with Gasteiger partial charge in [0.1, 0.15) is 5.01 Å². The summed E-state index contributed by atoms with van der Waals surface area (Å²) in [5.74, 6) is 0.741. The predicted molar refractivity (Wildman–Crippen MR) is 74.3 cm³/mol. The van der Waals surface area contributed by atoms with E-state index in [1.54, 1.807) is 18.4 Å². The first-order chi connectivity index (χ1) is 8.41. The first-order valence-corrected chi connectivity index (χ1v) is 6.78. The molecule has 0 saturated carbocycles. The lowest BCUT2D eigenvalue weighted by Gasteiger charge is -2.16. The van der Waals surface area contributed by atoms with Crippen LogP contribution in [0, 0.1) is 4.77 Å². The van der Waals surface area contributed by atoms with E-state index < -0.39 is 0 Å². The Labute approximate surface area is 115 Å². The highest BCUT2D eigenvalue weighted by molar-refractivity contribution is 7.71. The molecule has 0 unspecified atom stereocenters. The largest absolute Gasteiger partial charge is 0.378 e. The smallest absolute Gasteiger partial charge is 0.213 e. The maximum atomic E-state index is 5.14. The van der Waals surface area contributed by atoms with Crippen molar-refractivity contribution in [3.63, 3.8) is 0 Å². The Morgan fingerprint density at radius 1 is 1.28 bits per heavy atom. The molecule has 0 aliphatic carbocycles. The van der Waals surface area contributed by atoms with Crippen molar-refractivity contribution in [2.24, 2.45) is 0 Å². The van der Waals surface area contributed by atoms with Gasteiger partial charge in [0.2, 0.25) is 4.77 Å². The van der Waals surface area contributed by atoms with Crippen molar-refractivity contribution in [1.82, 2.24) is 20.2 Å². The summed E-state index contributed by atoms with van der Waals surface area (Å²) in [5, 5.41) is 6.74. The average molecular weight is 284 g/mol. The average Bonchev–Trinajstić information content (AvgIpc) is 2.83. The highest BCUT2D eigenvalue weighted by Gasteiger charge is 2.25. The number of aromatic nitrogens is 4. The summed E-state index contributed by atoms with van der Waals surface area (Å²) in [5.41, 5.74) is 0.962. The fourth-order valence-electron chi connectivity index (χ4n) is 1.60. The van der Waals surface area contributed by atoms with Gasteiger partial charge in [-0.1, -0.05) is 20.8 Å². The molecule has 0 fully saturated rings. The van der Waals surface area contributed by atoms with Crippen LogP contribution in [0.4, 0.5) is 0 Å². The van der Waals surface area contributed by atoms with E-state index >= 15 is 0 Å². The summed E-state index contributed by atoms with van der Waals surface area (Å²) in [7, 11) is 1.67. The molecular weight excluding hydrogens is 268 g/mol. The molecule has 0 aromatic carbocycles. The molecule has 0 aliphatic heterocycles. The molecule has 0 bridgehead atoms. The van der Waals surface area contributed by atoms with E-state index in [4.69, 9.17) is 17.0 Å². The van der Waals surface area contributed by atoms with Crippen LogP contribution in [-0.4, -0.2) is 27.3 Å². The van der Waals surface area contributed by atoms with Gasteiger partial charge in [0, 0.05) is 12.5 Å². The number of methoxy groups -OCH3 is 1. The third-order valence-electron chi connectivity index (χ3n) is 2.37. The number of hydrogen-bond acceptors (Lipinski definition) is 5. The molecule has 0 amide bonds. The molecule has 2 N–H and O–H groups in total. The van der Waals surface area contributed by atoms with Gasteiger partial charge in [0.05, 0.1) is 17.2 Å². The summed E-state index contributed by atoms with van der Waals surface area (Å²) in [6.45, 7) is 6.90. The van der Waals surface area contributed by atoms with Crippen LogP contribution in [-0.2, 0) is 16.8 Å². The van der Waals surface area contributed by atoms with Crippen LogP contribution < -0.4 is 0 Å². The van der Waals surface area contributed by atoms with Gasteiger partial charge in [-0.15, -0.1) is 11.3 Å². The zero-order chi connectivity index (χ0) is 13.3. The van der Waals surface area contributed by atoms with Crippen LogP contribution in [0.25, 0.3) is 10.7 Å². The Hall–Kier alpha value is -1.05. The third kappa shape index (κ3) is 2.68. The van der Waals surface area contributed by atoms with Gasteiger partial charge in [-0.3, -0.25) is 10.2 Å².